The first kappa shape index (κ1) is 31.0. The van der Waals surface area contributed by atoms with E-state index in [-0.39, 0.29) is 11.9 Å². The van der Waals surface area contributed by atoms with Crippen molar-refractivity contribution in [2.24, 2.45) is 7.05 Å². The number of aryl methyl sites for hydroxylation is 2. The van der Waals surface area contributed by atoms with Crippen molar-refractivity contribution in [3.05, 3.63) is 113 Å². The molecule has 0 saturated carbocycles. The molecule has 10 heteroatoms. The third-order valence-corrected chi connectivity index (χ3v) is 8.13. The van der Waals surface area contributed by atoms with Crippen LogP contribution < -0.4 is 5.32 Å². The zero-order valence-electron chi connectivity index (χ0n) is 25.2. The smallest absolute Gasteiger partial charge is 0.355 e. The van der Waals surface area contributed by atoms with Gasteiger partial charge in [-0.15, -0.1) is 0 Å². The number of imidazole rings is 1. The number of piperidine rings is 1. The molecule has 1 fully saturated rings. The van der Waals surface area contributed by atoms with Gasteiger partial charge in [0.1, 0.15) is 5.82 Å². The van der Waals surface area contributed by atoms with E-state index in [9.17, 15) is 18.0 Å². The Balaban J connectivity index is 1.29. The number of halogens is 3. The van der Waals surface area contributed by atoms with E-state index in [4.69, 9.17) is 0 Å². The third kappa shape index (κ3) is 7.93. The van der Waals surface area contributed by atoms with Crippen molar-refractivity contribution in [2.75, 3.05) is 18.4 Å². The molecule has 4 aromatic rings. The summed E-state index contributed by atoms with van der Waals surface area (Å²) in [5.74, 6) is 0.809. The fourth-order valence-corrected chi connectivity index (χ4v) is 5.43. The SMILES string of the molecule is Cc1cc(Nc2ccc(CN(C(=O)C=Cc3ccc(C(F)(F)F)cc3)C3CCN(Cc4cnc(C)n4C)CC3)cc2)ccn1. The maximum absolute atomic E-state index is 13.6. The highest BCUT2D eigenvalue weighted by Crippen LogP contribution is 2.29. The van der Waals surface area contributed by atoms with Gasteiger partial charge in [0.05, 0.1) is 11.3 Å². The Labute approximate surface area is 256 Å². The molecule has 1 saturated heterocycles. The van der Waals surface area contributed by atoms with Crippen LogP contribution in [0.15, 0.2) is 79.1 Å². The Kier molecular flexibility index (Phi) is 9.49. The third-order valence-electron chi connectivity index (χ3n) is 8.13. The van der Waals surface area contributed by atoms with Gasteiger partial charge in [-0.2, -0.15) is 13.2 Å². The second-order valence-corrected chi connectivity index (χ2v) is 11.3. The molecule has 0 spiro atoms. The number of alkyl halides is 3. The molecule has 1 N–H and O–H groups in total. The van der Waals surface area contributed by atoms with Crippen molar-refractivity contribution >= 4 is 23.4 Å². The number of likely N-dealkylation sites (tertiary alicyclic amines) is 1. The van der Waals surface area contributed by atoms with Crippen LogP contribution in [0.2, 0.25) is 0 Å². The summed E-state index contributed by atoms with van der Waals surface area (Å²) in [7, 11) is 2.02. The Hall–Kier alpha value is -4.44. The summed E-state index contributed by atoms with van der Waals surface area (Å²) < 4.78 is 41.0. The average Bonchev–Trinajstić information content (AvgIpc) is 3.32. The molecule has 5 rings (SSSR count). The van der Waals surface area contributed by atoms with Crippen LogP contribution in [0, 0.1) is 13.8 Å². The van der Waals surface area contributed by atoms with Gasteiger partial charge in [-0.1, -0.05) is 24.3 Å². The Morgan fingerprint density at radius 3 is 2.32 bits per heavy atom. The Morgan fingerprint density at radius 2 is 1.70 bits per heavy atom. The van der Waals surface area contributed by atoms with Crippen LogP contribution in [0.3, 0.4) is 0 Å². The fourth-order valence-electron chi connectivity index (χ4n) is 5.43. The van der Waals surface area contributed by atoms with Gasteiger partial charge >= 0.3 is 6.18 Å². The molecule has 0 aliphatic carbocycles. The maximum Gasteiger partial charge on any atom is 0.416 e. The van der Waals surface area contributed by atoms with Gasteiger partial charge in [-0.25, -0.2) is 4.98 Å². The van der Waals surface area contributed by atoms with Crippen LogP contribution in [-0.4, -0.2) is 49.4 Å². The van der Waals surface area contributed by atoms with Crippen LogP contribution in [0.4, 0.5) is 24.5 Å². The van der Waals surface area contributed by atoms with Crippen LogP contribution in [0.25, 0.3) is 6.08 Å². The first-order chi connectivity index (χ1) is 21.0. The van der Waals surface area contributed by atoms with E-state index in [0.717, 1.165) is 78.8 Å². The lowest BCUT2D eigenvalue weighted by atomic mass is 10.0. The molecular formula is C34H37F3N6O. The molecule has 7 nitrogen and oxygen atoms in total. The summed E-state index contributed by atoms with van der Waals surface area (Å²) in [4.78, 5) is 26.5. The van der Waals surface area contributed by atoms with Crippen molar-refractivity contribution in [3.63, 3.8) is 0 Å². The van der Waals surface area contributed by atoms with E-state index in [1.807, 2.05) is 68.4 Å². The summed E-state index contributed by atoms with van der Waals surface area (Å²) in [6, 6.07) is 16.7. The lowest BCUT2D eigenvalue weighted by molar-refractivity contribution is -0.137. The van der Waals surface area contributed by atoms with Gasteiger partial charge < -0.3 is 14.8 Å². The number of carbonyl (C=O) groups excluding carboxylic acids is 1. The minimum atomic E-state index is -4.40. The normalized spacial score (nSPS) is 14.7. The maximum atomic E-state index is 13.6. The molecule has 1 amide bonds. The number of carbonyl (C=O) groups is 1. The number of nitrogens with zero attached hydrogens (tertiary/aromatic N) is 5. The first-order valence-corrected chi connectivity index (χ1v) is 14.7. The van der Waals surface area contributed by atoms with E-state index < -0.39 is 11.7 Å². The second kappa shape index (κ2) is 13.5. The zero-order chi connectivity index (χ0) is 31.3. The van der Waals surface area contributed by atoms with Crippen molar-refractivity contribution < 1.29 is 18.0 Å². The van der Waals surface area contributed by atoms with E-state index >= 15 is 0 Å². The summed E-state index contributed by atoms with van der Waals surface area (Å²) >= 11 is 0. The zero-order valence-corrected chi connectivity index (χ0v) is 25.2. The van der Waals surface area contributed by atoms with Crippen molar-refractivity contribution in [3.8, 4) is 0 Å². The predicted octanol–water partition coefficient (Wildman–Crippen LogP) is 6.90. The second-order valence-electron chi connectivity index (χ2n) is 11.3. The van der Waals surface area contributed by atoms with E-state index in [1.54, 1.807) is 12.3 Å². The lowest BCUT2D eigenvalue weighted by Gasteiger charge is -2.38. The fraction of sp³-hybridized carbons (Fsp3) is 0.324. The van der Waals surface area contributed by atoms with E-state index in [1.165, 1.54) is 18.2 Å². The molecule has 2 aromatic heterocycles. The van der Waals surface area contributed by atoms with Crippen molar-refractivity contribution in [1.82, 2.24) is 24.3 Å². The molecule has 230 valence electrons. The lowest BCUT2D eigenvalue weighted by Crippen LogP contribution is -2.46. The largest absolute Gasteiger partial charge is 0.416 e. The first-order valence-electron chi connectivity index (χ1n) is 14.7. The number of hydrogen-bond acceptors (Lipinski definition) is 5. The summed E-state index contributed by atoms with van der Waals surface area (Å²) in [5, 5.41) is 3.38. The number of rotatable bonds is 9. The van der Waals surface area contributed by atoms with Gasteiger partial charge in [0.15, 0.2) is 0 Å². The van der Waals surface area contributed by atoms with Crippen molar-refractivity contribution in [1.29, 1.82) is 0 Å². The highest BCUT2D eigenvalue weighted by molar-refractivity contribution is 5.92. The molecule has 1 aliphatic rings. The summed E-state index contributed by atoms with van der Waals surface area (Å²) in [5.41, 5.74) is 4.77. The number of anilines is 2. The molecule has 1 aliphatic heterocycles. The van der Waals surface area contributed by atoms with Gasteiger partial charge in [0, 0.05) is 74.8 Å². The molecule has 3 heterocycles. The monoisotopic (exact) mass is 602 g/mol. The average molecular weight is 603 g/mol. The number of hydrogen-bond donors (Lipinski definition) is 1. The highest BCUT2D eigenvalue weighted by Gasteiger charge is 2.30. The molecule has 0 bridgehead atoms. The molecule has 0 unspecified atom stereocenters. The molecule has 0 atom stereocenters. The number of pyridine rings is 1. The minimum absolute atomic E-state index is 0.0295. The van der Waals surface area contributed by atoms with Gasteiger partial charge in [0.2, 0.25) is 5.91 Å². The number of benzene rings is 2. The van der Waals surface area contributed by atoms with Crippen molar-refractivity contribution in [2.45, 2.75) is 52.0 Å². The van der Waals surface area contributed by atoms with Crippen LogP contribution >= 0.6 is 0 Å². The number of amides is 1. The van der Waals surface area contributed by atoms with Crippen LogP contribution in [-0.2, 0) is 31.1 Å². The van der Waals surface area contributed by atoms with Gasteiger partial charge in [-0.3, -0.25) is 14.7 Å². The Bertz CT molecular complexity index is 1590. The summed E-state index contributed by atoms with van der Waals surface area (Å²) in [6.07, 6.45) is 3.96. The molecular weight excluding hydrogens is 565 g/mol. The molecule has 0 radical (unpaired) electrons. The predicted molar refractivity (Wildman–Crippen MR) is 166 cm³/mol. The molecule has 44 heavy (non-hydrogen) atoms. The summed E-state index contributed by atoms with van der Waals surface area (Å²) in [6.45, 7) is 6.84. The standard InChI is InChI=1S/C34H37F3N6O/c1-24-20-30(14-17-38-24)40-29-11-6-27(7-12-29)22-43(33(44)13-8-26-4-9-28(10-5-26)34(35,36)37)31-15-18-42(19-16-31)23-32-21-39-25(2)41(32)3/h4-14,17,20-21,31H,15-16,18-19,22-23H2,1-3H3,(H,38,40). The Morgan fingerprint density at radius 1 is 1.00 bits per heavy atom. The highest BCUT2D eigenvalue weighted by atomic mass is 19.4. The topological polar surface area (TPSA) is 66.3 Å². The minimum Gasteiger partial charge on any atom is -0.355 e. The number of aromatic nitrogens is 3. The van der Waals surface area contributed by atoms with Gasteiger partial charge in [-0.05, 0) is 80.3 Å². The van der Waals surface area contributed by atoms with E-state index in [2.05, 4.69) is 24.8 Å². The van der Waals surface area contributed by atoms with Gasteiger partial charge in [0.25, 0.3) is 0 Å². The van der Waals surface area contributed by atoms with Crippen LogP contribution in [0.5, 0.6) is 0 Å². The quantitative estimate of drug-likeness (QED) is 0.211. The molecule has 2 aromatic carbocycles. The van der Waals surface area contributed by atoms with E-state index in [0.29, 0.717) is 12.1 Å². The van der Waals surface area contributed by atoms with Crippen LogP contribution in [0.1, 0.15) is 46.7 Å². The number of nitrogens with one attached hydrogen (secondary N) is 1.